The van der Waals surface area contributed by atoms with Crippen LogP contribution >= 0.6 is 0 Å². The largest absolute Gasteiger partial charge is 0.374 e. The molecule has 3 nitrogen and oxygen atoms in total. The SMILES string of the molecule is CCCC(C)NC(=O)C(C)Nc1ccc(C(C)(C)C)cc1. The maximum Gasteiger partial charge on any atom is 0.242 e. The van der Waals surface area contributed by atoms with E-state index in [1.165, 1.54) is 5.56 Å². The second kappa shape index (κ2) is 7.48. The Morgan fingerprint density at radius 3 is 2.19 bits per heavy atom. The first-order chi connectivity index (χ1) is 9.74. The molecule has 2 N–H and O–H groups in total. The van der Waals surface area contributed by atoms with Crippen LogP contribution in [0, 0.1) is 0 Å². The highest BCUT2D eigenvalue weighted by Gasteiger charge is 2.16. The monoisotopic (exact) mass is 290 g/mol. The van der Waals surface area contributed by atoms with Crippen molar-refractivity contribution in [2.45, 2.75) is 71.9 Å². The van der Waals surface area contributed by atoms with Crippen LogP contribution < -0.4 is 10.6 Å². The van der Waals surface area contributed by atoms with E-state index in [1.807, 2.05) is 26.0 Å². The molecule has 0 spiro atoms. The summed E-state index contributed by atoms with van der Waals surface area (Å²) in [6, 6.07) is 8.32. The van der Waals surface area contributed by atoms with Crippen molar-refractivity contribution in [1.29, 1.82) is 0 Å². The number of amides is 1. The fourth-order valence-corrected chi connectivity index (χ4v) is 2.26. The van der Waals surface area contributed by atoms with Crippen LogP contribution in [-0.4, -0.2) is 18.0 Å². The van der Waals surface area contributed by atoms with Crippen molar-refractivity contribution in [3.63, 3.8) is 0 Å². The average Bonchev–Trinajstić information content (AvgIpc) is 2.38. The molecule has 0 saturated carbocycles. The Morgan fingerprint density at radius 2 is 1.71 bits per heavy atom. The molecule has 0 aliphatic carbocycles. The van der Waals surface area contributed by atoms with E-state index in [1.54, 1.807) is 0 Å². The van der Waals surface area contributed by atoms with Gasteiger partial charge in [0.15, 0.2) is 0 Å². The maximum atomic E-state index is 12.1. The zero-order valence-corrected chi connectivity index (χ0v) is 14.3. The Morgan fingerprint density at radius 1 is 1.14 bits per heavy atom. The minimum Gasteiger partial charge on any atom is -0.374 e. The topological polar surface area (TPSA) is 41.1 Å². The van der Waals surface area contributed by atoms with Crippen molar-refractivity contribution in [2.24, 2.45) is 0 Å². The van der Waals surface area contributed by atoms with Crippen LogP contribution in [-0.2, 0) is 10.2 Å². The summed E-state index contributed by atoms with van der Waals surface area (Å²) in [5, 5.41) is 6.29. The number of carbonyl (C=O) groups excluding carboxylic acids is 1. The molecule has 2 unspecified atom stereocenters. The normalized spacial score (nSPS) is 14.4. The molecule has 0 fully saturated rings. The quantitative estimate of drug-likeness (QED) is 0.828. The molecule has 0 bridgehead atoms. The lowest BCUT2D eigenvalue weighted by Crippen LogP contribution is -2.42. The van der Waals surface area contributed by atoms with Crippen LogP contribution in [0.1, 0.15) is 59.9 Å². The predicted octanol–water partition coefficient (Wildman–Crippen LogP) is 4.09. The molecule has 0 radical (unpaired) electrons. The Hall–Kier alpha value is -1.51. The summed E-state index contributed by atoms with van der Waals surface area (Å²) in [6.07, 6.45) is 2.09. The zero-order chi connectivity index (χ0) is 16.0. The zero-order valence-electron chi connectivity index (χ0n) is 14.3. The maximum absolute atomic E-state index is 12.1. The van der Waals surface area contributed by atoms with Gasteiger partial charge in [-0.2, -0.15) is 0 Å². The molecule has 0 heterocycles. The molecule has 118 valence electrons. The van der Waals surface area contributed by atoms with Gasteiger partial charge in [-0.3, -0.25) is 4.79 Å². The third-order valence-electron chi connectivity index (χ3n) is 3.64. The summed E-state index contributed by atoms with van der Waals surface area (Å²) < 4.78 is 0. The molecule has 0 saturated heterocycles. The molecule has 1 aromatic rings. The molecule has 3 heteroatoms. The summed E-state index contributed by atoms with van der Waals surface area (Å²) in [7, 11) is 0. The highest BCUT2D eigenvalue weighted by atomic mass is 16.2. The molecule has 21 heavy (non-hydrogen) atoms. The van der Waals surface area contributed by atoms with Crippen molar-refractivity contribution >= 4 is 11.6 Å². The van der Waals surface area contributed by atoms with Gasteiger partial charge in [-0.25, -0.2) is 0 Å². The van der Waals surface area contributed by atoms with E-state index in [0.29, 0.717) is 0 Å². The lowest BCUT2D eigenvalue weighted by atomic mass is 9.87. The Balaban J connectivity index is 2.58. The minimum atomic E-state index is -0.232. The van der Waals surface area contributed by atoms with Crippen LogP contribution in [0.5, 0.6) is 0 Å². The van der Waals surface area contributed by atoms with Gasteiger partial charge < -0.3 is 10.6 Å². The predicted molar refractivity (Wildman–Crippen MR) is 90.7 cm³/mol. The van der Waals surface area contributed by atoms with E-state index in [0.717, 1.165) is 18.5 Å². The van der Waals surface area contributed by atoms with Crippen molar-refractivity contribution in [3.05, 3.63) is 29.8 Å². The van der Waals surface area contributed by atoms with Gasteiger partial charge in [0.25, 0.3) is 0 Å². The molecule has 0 aliphatic heterocycles. The number of benzene rings is 1. The molecule has 0 aromatic heterocycles. The third kappa shape index (κ3) is 5.78. The standard InChI is InChI=1S/C18H30N2O/c1-7-8-13(2)19-17(21)14(3)20-16-11-9-15(10-12-16)18(4,5)6/h9-14,20H,7-8H2,1-6H3,(H,19,21). The lowest BCUT2D eigenvalue weighted by molar-refractivity contribution is -0.122. The van der Waals surface area contributed by atoms with Gasteiger partial charge in [0.2, 0.25) is 5.91 Å². The second-order valence-corrected chi connectivity index (χ2v) is 6.89. The van der Waals surface area contributed by atoms with Gasteiger partial charge in [0, 0.05) is 11.7 Å². The molecule has 0 aliphatic rings. The molecule has 1 amide bonds. The van der Waals surface area contributed by atoms with Gasteiger partial charge >= 0.3 is 0 Å². The van der Waals surface area contributed by atoms with Crippen LogP contribution in [0.15, 0.2) is 24.3 Å². The van der Waals surface area contributed by atoms with Crippen molar-refractivity contribution in [3.8, 4) is 0 Å². The van der Waals surface area contributed by atoms with E-state index in [-0.39, 0.29) is 23.4 Å². The van der Waals surface area contributed by atoms with E-state index in [2.05, 4.69) is 50.5 Å². The first-order valence-electron chi connectivity index (χ1n) is 7.91. The average molecular weight is 290 g/mol. The molecular weight excluding hydrogens is 260 g/mol. The van der Waals surface area contributed by atoms with Crippen LogP contribution in [0.25, 0.3) is 0 Å². The van der Waals surface area contributed by atoms with Crippen LogP contribution in [0.4, 0.5) is 5.69 Å². The van der Waals surface area contributed by atoms with E-state index >= 15 is 0 Å². The van der Waals surface area contributed by atoms with Crippen molar-refractivity contribution < 1.29 is 4.79 Å². The van der Waals surface area contributed by atoms with Crippen molar-refractivity contribution in [1.82, 2.24) is 5.32 Å². The molecule has 1 aromatic carbocycles. The number of rotatable bonds is 6. The summed E-state index contributed by atoms with van der Waals surface area (Å²) >= 11 is 0. The first kappa shape index (κ1) is 17.5. The molecule has 2 atom stereocenters. The Kier molecular flexibility index (Phi) is 6.25. The Bertz CT molecular complexity index is 445. The van der Waals surface area contributed by atoms with Gasteiger partial charge in [0.05, 0.1) is 0 Å². The summed E-state index contributed by atoms with van der Waals surface area (Å²) in [5.41, 5.74) is 2.42. The Labute approximate surface area is 129 Å². The van der Waals surface area contributed by atoms with Crippen molar-refractivity contribution in [2.75, 3.05) is 5.32 Å². The fourth-order valence-electron chi connectivity index (χ4n) is 2.26. The van der Waals surface area contributed by atoms with Crippen LogP contribution in [0.3, 0.4) is 0 Å². The van der Waals surface area contributed by atoms with Gasteiger partial charge in [-0.15, -0.1) is 0 Å². The van der Waals surface area contributed by atoms with Gasteiger partial charge in [0.1, 0.15) is 6.04 Å². The number of nitrogens with one attached hydrogen (secondary N) is 2. The highest BCUT2D eigenvalue weighted by Crippen LogP contribution is 2.23. The fraction of sp³-hybridized carbons (Fsp3) is 0.611. The van der Waals surface area contributed by atoms with E-state index in [9.17, 15) is 4.79 Å². The number of anilines is 1. The third-order valence-corrected chi connectivity index (χ3v) is 3.64. The smallest absolute Gasteiger partial charge is 0.242 e. The molecule has 1 rings (SSSR count). The first-order valence-corrected chi connectivity index (χ1v) is 7.91. The van der Waals surface area contributed by atoms with Gasteiger partial charge in [-0.05, 0) is 43.4 Å². The molecular formula is C18H30N2O. The van der Waals surface area contributed by atoms with Gasteiger partial charge in [-0.1, -0.05) is 46.2 Å². The summed E-state index contributed by atoms with van der Waals surface area (Å²) in [6.45, 7) is 12.7. The lowest BCUT2D eigenvalue weighted by Gasteiger charge is -2.21. The summed E-state index contributed by atoms with van der Waals surface area (Å²) in [4.78, 5) is 12.1. The second-order valence-electron chi connectivity index (χ2n) is 6.89. The minimum absolute atomic E-state index is 0.0517. The highest BCUT2D eigenvalue weighted by molar-refractivity contribution is 5.84. The summed E-state index contributed by atoms with van der Waals surface area (Å²) in [5.74, 6) is 0.0517. The van der Waals surface area contributed by atoms with E-state index in [4.69, 9.17) is 0 Å². The number of hydrogen-bond donors (Lipinski definition) is 2. The van der Waals surface area contributed by atoms with E-state index < -0.39 is 0 Å². The number of hydrogen-bond acceptors (Lipinski definition) is 2. The number of carbonyl (C=O) groups is 1. The van der Waals surface area contributed by atoms with Crippen LogP contribution in [0.2, 0.25) is 0 Å².